The summed E-state index contributed by atoms with van der Waals surface area (Å²) in [7, 11) is 0. The molecule has 4 aromatic rings. The van der Waals surface area contributed by atoms with Gasteiger partial charge < -0.3 is 22.1 Å². The van der Waals surface area contributed by atoms with Crippen LogP contribution in [0.2, 0.25) is 0 Å². The van der Waals surface area contributed by atoms with Crippen LogP contribution in [0.4, 0.5) is 13.2 Å². The SMILES string of the molecule is C[C@@H](N[C@@H](CCCN=C(N)N)C(=O)c1ccc(CNC(=O)c2ccc(C(F)(F)F)cc2)cc1)c1cccc2ccccc12. The molecule has 7 nitrogen and oxygen atoms in total. The summed E-state index contributed by atoms with van der Waals surface area (Å²) >= 11 is 0. The van der Waals surface area contributed by atoms with Crippen molar-refractivity contribution < 1.29 is 22.8 Å². The van der Waals surface area contributed by atoms with E-state index >= 15 is 0 Å². The molecule has 0 aliphatic rings. The summed E-state index contributed by atoms with van der Waals surface area (Å²) in [6, 6.07) is 24.5. The lowest BCUT2D eigenvalue weighted by Gasteiger charge is -2.24. The van der Waals surface area contributed by atoms with E-state index in [0.717, 1.165) is 46.2 Å². The van der Waals surface area contributed by atoms with Crippen LogP contribution in [0.25, 0.3) is 10.8 Å². The molecule has 0 saturated carbocycles. The van der Waals surface area contributed by atoms with Crippen LogP contribution in [-0.2, 0) is 12.7 Å². The number of aliphatic imine (C=N–C) groups is 1. The summed E-state index contributed by atoms with van der Waals surface area (Å²) in [4.78, 5) is 30.1. The van der Waals surface area contributed by atoms with Gasteiger partial charge in [-0.2, -0.15) is 13.2 Å². The molecule has 0 heterocycles. The van der Waals surface area contributed by atoms with E-state index in [1.165, 1.54) is 0 Å². The fourth-order valence-corrected chi connectivity index (χ4v) is 4.90. The third-order valence-corrected chi connectivity index (χ3v) is 7.17. The monoisotopic (exact) mass is 589 g/mol. The van der Waals surface area contributed by atoms with E-state index in [2.05, 4.69) is 39.9 Å². The maximum Gasteiger partial charge on any atom is 0.416 e. The number of alkyl halides is 3. The summed E-state index contributed by atoms with van der Waals surface area (Å²) in [6.07, 6.45) is -3.36. The number of ketones is 1. The minimum absolute atomic E-state index is 0.000890. The molecule has 0 saturated heterocycles. The van der Waals surface area contributed by atoms with Crippen LogP contribution in [-0.4, -0.2) is 30.2 Å². The lowest BCUT2D eigenvalue weighted by Crippen LogP contribution is -2.38. The molecule has 0 aliphatic carbocycles. The second-order valence-electron chi connectivity index (χ2n) is 10.3. The van der Waals surface area contributed by atoms with E-state index in [1.807, 2.05) is 25.1 Å². The molecule has 1 amide bonds. The summed E-state index contributed by atoms with van der Waals surface area (Å²) in [5, 5.41) is 8.43. The van der Waals surface area contributed by atoms with E-state index in [9.17, 15) is 22.8 Å². The van der Waals surface area contributed by atoms with Gasteiger partial charge in [-0.15, -0.1) is 0 Å². The third-order valence-electron chi connectivity index (χ3n) is 7.17. The third kappa shape index (κ3) is 8.42. The van der Waals surface area contributed by atoms with Crippen molar-refractivity contribution in [3.05, 3.63) is 119 Å². The molecule has 0 radical (unpaired) electrons. The highest BCUT2D eigenvalue weighted by molar-refractivity contribution is 6.00. The molecule has 2 atom stereocenters. The minimum Gasteiger partial charge on any atom is -0.370 e. The Hall–Kier alpha value is -4.70. The number of rotatable bonds is 12. The first-order chi connectivity index (χ1) is 20.5. The van der Waals surface area contributed by atoms with Crippen LogP contribution in [0.1, 0.15) is 63.2 Å². The summed E-state index contributed by atoms with van der Waals surface area (Å²) in [6.45, 7) is 2.57. The first kappa shape index (κ1) is 31.2. The van der Waals surface area contributed by atoms with Crippen LogP contribution in [0.15, 0.2) is 96.0 Å². The smallest absolute Gasteiger partial charge is 0.370 e. The first-order valence-electron chi connectivity index (χ1n) is 13.9. The van der Waals surface area contributed by atoms with E-state index in [-0.39, 0.29) is 29.9 Å². The van der Waals surface area contributed by atoms with Crippen molar-refractivity contribution in [3.63, 3.8) is 0 Å². The van der Waals surface area contributed by atoms with E-state index in [0.29, 0.717) is 24.9 Å². The largest absolute Gasteiger partial charge is 0.416 e. The van der Waals surface area contributed by atoms with Crippen LogP contribution >= 0.6 is 0 Å². The average Bonchev–Trinajstić information content (AvgIpc) is 3.00. The van der Waals surface area contributed by atoms with E-state index in [4.69, 9.17) is 11.5 Å². The topological polar surface area (TPSA) is 123 Å². The number of nitrogens with zero attached hydrogens (tertiary/aromatic N) is 1. The molecule has 0 bridgehead atoms. The molecule has 43 heavy (non-hydrogen) atoms. The summed E-state index contributed by atoms with van der Waals surface area (Å²) in [5.41, 5.74) is 12.5. The quantitative estimate of drug-likeness (QED) is 0.0726. The molecule has 4 rings (SSSR count). The van der Waals surface area contributed by atoms with Crippen LogP contribution in [0, 0.1) is 0 Å². The number of nitrogens with two attached hydrogens (primary N) is 2. The summed E-state index contributed by atoms with van der Waals surface area (Å²) in [5.74, 6) is -0.584. The minimum atomic E-state index is -4.47. The van der Waals surface area contributed by atoms with Crippen molar-refractivity contribution in [1.29, 1.82) is 0 Å². The van der Waals surface area contributed by atoms with Crippen molar-refractivity contribution in [2.24, 2.45) is 16.5 Å². The molecule has 0 unspecified atom stereocenters. The maximum absolute atomic E-state index is 13.7. The Balaban J connectivity index is 1.43. The number of amides is 1. The number of carbonyl (C=O) groups is 2. The van der Waals surface area contributed by atoms with Gasteiger partial charge in [0.25, 0.3) is 5.91 Å². The fourth-order valence-electron chi connectivity index (χ4n) is 4.90. The lowest BCUT2D eigenvalue weighted by molar-refractivity contribution is -0.137. The number of fused-ring (bicyclic) bond motifs is 1. The van der Waals surface area contributed by atoms with Crippen molar-refractivity contribution >= 4 is 28.4 Å². The van der Waals surface area contributed by atoms with Gasteiger partial charge in [0.15, 0.2) is 11.7 Å². The Labute approximate surface area is 248 Å². The van der Waals surface area contributed by atoms with Crippen LogP contribution in [0.3, 0.4) is 0 Å². The van der Waals surface area contributed by atoms with Gasteiger partial charge in [-0.1, -0.05) is 66.7 Å². The Kier molecular flexibility index (Phi) is 10.2. The first-order valence-corrected chi connectivity index (χ1v) is 13.9. The fraction of sp³-hybridized carbons (Fsp3) is 0.242. The Morgan fingerprint density at radius 3 is 2.19 bits per heavy atom. The molecule has 10 heteroatoms. The number of guanidine groups is 1. The molecule has 0 fully saturated rings. The maximum atomic E-state index is 13.7. The van der Waals surface area contributed by atoms with Crippen molar-refractivity contribution in [1.82, 2.24) is 10.6 Å². The van der Waals surface area contributed by atoms with Crippen molar-refractivity contribution in [3.8, 4) is 0 Å². The van der Waals surface area contributed by atoms with Crippen molar-refractivity contribution in [2.75, 3.05) is 6.54 Å². The van der Waals surface area contributed by atoms with Gasteiger partial charge >= 0.3 is 6.18 Å². The molecule has 0 spiro atoms. The van der Waals surface area contributed by atoms with Crippen molar-refractivity contribution in [2.45, 2.75) is 44.6 Å². The predicted octanol–water partition coefficient (Wildman–Crippen LogP) is 5.74. The van der Waals surface area contributed by atoms with Crippen LogP contribution in [0.5, 0.6) is 0 Å². The molecule has 6 N–H and O–H groups in total. The average molecular weight is 590 g/mol. The number of halogens is 3. The molecule has 0 aromatic heterocycles. The molecule has 4 aromatic carbocycles. The predicted molar refractivity (Wildman–Crippen MR) is 163 cm³/mol. The molecule has 224 valence electrons. The second kappa shape index (κ2) is 14.0. The van der Waals surface area contributed by atoms with Crippen LogP contribution < -0.4 is 22.1 Å². The van der Waals surface area contributed by atoms with Gasteiger partial charge in [-0.05, 0) is 65.9 Å². The highest BCUT2D eigenvalue weighted by Crippen LogP contribution is 2.29. The van der Waals surface area contributed by atoms with Gasteiger partial charge in [-0.3, -0.25) is 14.6 Å². The zero-order valence-electron chi connectivity index (χ0n) is 23.7. The highest BCUT2D eigenvalue weighted by Gasteiger charge is 2.30. The van der Waals surface area contributed by atoms with E-state index < -0.39 is 23.7 Å². The standard InChI is InChI=1S/C33H34F3N5O2/c1-21(27-9-4-7-23-6-2-3-8-28(23)27)41-29(10-5-19-39-32(37)38)30(42)24-13-11-22(12-14-24)20-40-31(43)25-15-17-26(18-16-25)33(34,35)36/h2-4,6-9,11-18,21,29,41H,5,10,19-20H2,1H3,(H,40,43)(H4,37,38,39)/t21-,29+/m1/s1. The normalized spacial score (nSPS) is 12.8. The van der Waals surface area contributed by atoms with Gasteiger partial charge in [0.2, 0.25) is 0 Å². The van der Waals surface area contributed by atoms with Gasteiger partial charge in [0.1, 0.15) is 0 Å². The Morgan fingerprint density at radius 2 is 1.51 bits per heavy atom. The number of Topliss-reactive ketones (excluding diaryl/α,β-unsaturated/α-hetero) is 1. The zero-order valence-corrected chi connectivity index (χ0v) is 23.7. The molecule has 0 aliphatic heterocycles. The number of nitrogens with one attached hydrogen (secondary N) is 2. The number of benzene rings is 4. The second-order valence-corrected chi connectivity index (χ2v) is 10.3. The zero-order chi connectivity index (χ0) is 31.0. The van der Waals surface area contributed by atoms with Gasteiger partial charge in [0.05, 0.1) is 11.6 Å². The lowest BCUT2D eigenvalue weighted by atomic mass is 9.95. The number of carbonyl (C=O) groups excluding carboxylic acids is 2. The van der Waals surface area contributed by atoms with Gasteiger partial charge in [0, 0.05) is 30.3 Å². The summed E-state index contributed by atoms with van der Waals surface area (Å²) < 4.78 is 38.4. The number of hydrogen-bond acceptors (Lipinski definition) is 4. The highest BCUT2D eigenvalue weighted by atomic mass is 19.4. The molecular formula is C33H34F3N5O2. The molecular weight excluding hydrogens is 555 g/mol. The Bertz CT molecular complexity index is 1580. The number of hydrogen-bond donors (Lipinski definition) is 4. The van der Waals surface area contributed by atoms with E-state index in [1.54, 1.807) is 24.3 Å². The van der Waals surface area contributed by atoms with Gasteiger partial charge in [-0.25, -0.2) is 0 Å². The Morgan fingerprint density at radius 1 is 0.860 bits per heavy atom.